The largest absolute Gasteiger partial charge is 0.505 e. The van der Waals surface area contributed by atoms with Crippen molar-refractivity contribution >= 4 is 40.6 Å². The van der Waals surface area contributed by atoms with E-state index in [9.17, 15) is 9.90 Å². The van der Waals surface area contributed by atoms with Gasteiger partial charge in [-0.05, 0) is 49.6 Å². The van der Waals surface area contributed by atoms with Crippen molar-refractivity contribution in [1.82, 2.24) is 20.1 Å². The van der Waals surface area contributed by atoms with E-state index in [-0.39, 0.29) is 29.1 Å². The first-order chi connectivity index (χ1) is 16.3. The van der Waals surface area contributed by atoms with E-state index >= 15 is 0 Å². The fraction of sp³-hybridized carbons (Fsp3) is 0.304. The highest BCUT2D eigenvalue weighted by Gasteiger charge is 2.29. The molecule has 2 fully saturated rings. The molecule has 11 heteroatoms. The lowest BCUT2D eigenvalue weighted by atomic mass is 10.1. The Kier molecular flexibility index (Phi) is 5.83. The summed E-state index contributed by atoms with van der Waals surface area (Å²) in [6.07, 6.45) is 4.58. The van der Waals surface area contributed by atoms with Gasteiger partial charge in [-0.25, -0.2) is 9.67 Å². The fourth-order valence-corrected chi connectivity index (χ4v) is 4.62. The zero-order valence-corrected chi connectivity index (χ0v) is 19.6. The van der Waals surface area contributed by atoms with Crippen molar-refractivity contribution in [3.05, 3.63) is 63.7 Å². The Morgan fingerprint density at radius 1 is 1.18 bits per heavy atom. The summed E-state index contributed by atoms with van der Waals surface area (Å²) in [5.41, 5.74) is 7.33. The quantitative estimate of drug-likeness (QED) is 0.303. The summed E-state index contributed by atoms with van der Waals surface area (Å²) in [6, 6.07) is 8.10. The molecule has 1 aromatic heterocycles. The van der Waals surface area contributed by atoms with Crippen molar-refractivity contribution in [1.29, 1.82) is 5.41 Å². The van der Waals surface area contributed by atoms with Crippen LogP contribution in [-0.4, -0.2) is 50.7 Å². The van der Waals surface area contributed by atoms with Crippen LogP contribution in [-0.2, 0) is 0 Å². The van der Waals surface area contributed by atoms with E-state index in [1.165, 1.54) is 6.07 Å². The number of nitrogens with one attached hydrogen (secondary N) is 2. The van der Waals surface area contributed by atoms with E-state index in [4.69, 9.17) is 34.3 Å². The molecule has 2 aliphatic rings. The number of aromatic hydroxyl groups is 1. The summed E-state index contributed by atoms with van der Waals surface area (Å²) >= 11 is 12.6. The molecule has 9 nitrogen and oxygen atoms in total. The number of nitrogens with zero attached hydrogens (tertiary/aromatic N) is 4. The minimum absolute atomic E-state index is 0.0968. The van der Waals surface area contributed by atoms with Gasteiger partial charge in [-0.2, -0.15) is 5.10 Å². The number of nitrogens with two attached hydrogens (primary N) is 1. The maximum absolute atomic E-state index is 12.9. The van der Waals surface area contributed by atoms with Crippen LogP contribution in [0.2, 0.25) is 10.0 Å². The Bertz CT molecular complexity index is 1290. The van der Waals surface area contributed by atoms with Gasteiger partial charge in [0.2, 0.25) is 0 Å². The number of phenolic OH excluding ortho intramolecular Hbond substituents is 1. The summed E-state index contributed by atoms with van der Waals surface area (Å²) in [7, 11) is 0. The van der Waals surface area contributed by atoms with Crippen LogP contribution in [0.4, 0.5) is 5.69 Å². The lowest BCUT2D eigenvalue weighted by Gasteiger charge is -2.22. The molecular formula is C23H23Cl2N7O2. The van der Waals surface area contributed by atoms with E-state index in [2.05, 4.69) is 15.4 Å². The molecule has 1 atom stereocenters. The van der Waals surface area contributed by atoms with Crippen LogP contribution in [0.5, 0.6) is 5.75 Å². The second kappa shape index (κ2) is 8.81. The Balaban J connectivity index is 1.27. The van der Waals surface area contributed by atoms with E-state index in [0.717, 1.165) is 24.4 Å². The van der Waals surface area contributed by atoms with E-state index < -0.39 is 0 Å². The van der Waals surface area contributed by atoms with Crippen molar-refractivity contribution < 1.29 is 9.90 Å². The molecule has 34 heavy (non-hydrogen) atoms. The van der Waals surface area contributed by atoms with Crippen LogP contribution in [0.3, 0.4) is 0 Å². The molecule has 2 heterocycles. The third kappa shape index (κ3) is 4.41. The zero-order chi connectivity index (χ0) is 24.0. The molecule has 1 saturated carbocycles. The Morgan fingerprint density at radius 3 is 2.68 bits per heavy atom. The molecule has 0 radical (unpaired) electrons. The summed E-state index contributed by atoms with van der Waals surface area (Å²) in [5.74, 6) is 0.652. The molecule has 0 spiro atoms. The molecule has 176 valence electrons. The Labute approximate surface area is 206 Å². The third-order valence-corrected chi connectivity index (χ3v) is 6.65. The number of phenols is 1. The number of aromatic nitrogens is 3. The number of amides is 1. The average molecular weight is 500 g/mol. The smallest absolute Gasteiger partial charge is 0.253 e. The van der Waals surface area contributed by atoms with Crippen molar-refractivity contribution in [2.45, 2.75) is 31.2 Å². The first-order valence-corrected chi connectivity index (χ1v) is 11.7. The number of carbonyl (C=O) groups excluding carboxylic acids is 1. The molecule has 5 rings (SSSR count). The van der Waals surface area contributed by atoms with E-state index in [1.54, 1.807) is 35.3 Å². The van der Waals surface area contributed by atoms with Crippen molar-refractivity contribution in [3.8, 4) is 11.4 Å². The summed E-state index contributed by atoms with van der Waals surface area (Å²) < 4.78 is 1.67. The lowest BCUT2D eigenvalue weighted by molar-refractivity contribution is 0.0940. The molecule has 2 aromatic carbocycles. The van der Waals surface area contributed by atoms with Crippen molar-refractivity contribution in [3.63, 3.8) is 0 Å². The zero-order valence-electron chi connectivity index (χ0n) is 18.1. The second-order valence-corrected chi connectivity index (χ2v) is 9.47. The molecule has 1 aliphatic carbocycles. The van der Waals surface area contributed by atoms with Crippen LogP contribution in [0.15, 0.2) is 36.7 Å². The highest BCUT2D eigenvalue weighted by atomic mass is 35.5. The van der Waals surface area contributed by atoms with Gasteiger partial charge in [0, 0.05) is 30.1 Å². The number of benzene rings is 2. The minimum Gasteiger partial charge on any atom is -0.505 e. The van der Waals surface area contributed by atoms with E-state index in [1.807, 2.05) is 4.90 Å². The fourth-order valence-electron chi connectivity index (χ4n) is 4.15. The van der Waals surface area contributed by atoms with Gasteiger partial charge < -0.3 is 21.1 Å². The molecule has 5 N–H and O–H groups in total. The Hall–Kier alpha value is -3.30. The lowest BCUT2D eigenvalue weighted by Crippen LogP contribution is -2.37. The van der Waals surface area contributed by atoms with Crippen molar-refractivity contribution in [2.24, 2.45) is 5.73 Å². The maximum Gasteiger partial charge on any atom is 0.253 e. The number of halogens is 2. The van der Waals surface area contributed by atoms with Gasteiger partial charge in [-0.1, -0.05) is 23.2 Å². The molecule has 1 saturated heterocycles. The van der Waals surface area contributed by atoms with Crippen LogP contribution in [0.1, 0.15) is 46.9 Å². The van der Waals surface area contributed by atoms with Crippen molar-refractivity contribution in [2.75, 3.05) is 18.0 Å². The third-order valence-electron chi connectivity index (χ3n) is 6.12. The highest BCUT2D eigenvalue weighted by Crippen LogP contribution is 2.38. The van der Waals surface area contributed by atoms with Gasteiger partial charge >= 0.3 is 0 Å². The topological polar surface area (TPSA) is 133 Å². The van der Waals surface area contributed by atoms with Crippen LogP contribution in [0, 0.1) is 5.41 Å². The first-order valence-electron chi connectivity index (χ1n) is 10.9. The molecule has 1 amide bonds. The Morgan fingerprint density at radius 2 is 1.97 bits per heavy atom. The number of hydrogen-bond donors (Lipinski definition) is 4. The standard InChI is InChI=1S/C23H23Cl2N7O2/c24-13-7-17(21(26)27)20(33)19(8-13)31-6-5-14(10-31)29-23(34)16-4-3-15(9-18(16)25)32-11-28-22(30-32)12-1-2-12/h3-4,7-9,11-12,14,33H,1-2,5-6,10H2,(H3,26,27)(H,29,34)/t14-/m1/s1. The highest BCUT2D eigenvalue weighted by molar-refractivity contribution is 6.34. The van der Waals surface area contributed by atoms with E-state index in [0.29, 0.717) is 46.7 Å². The molecular weight excluding hydrogens is 477 g/mol. The average Bonchev–Trinajstić information content (AvgIpc) is 3.34. The van der Waals surface area contributed by atoms with Crippen LogP contribution in [0.25, 0.3) is 5.69 Å². The van der Waals surface area contributed by atoms with Crippen LogP contribution >= 0.6 is 23.2 Å². The van der Waals surface area contributed by atoms with Gasteiger partial charge in [0.15, 0.2) is 5.82 Å². The number of anilines is 1. The van der Waals surface area contributed by atoms with Gasteiger partial charge in [-0.3, -0.25) is 10.2 Å². The number of hydrogen-bond acceptors (Lipinski definition) is 6. The van der Waals surface area contributed by atoms with Gasteiger partial charge in [-0.15, -0.1) is 0 Å². The maximum atomic E-state index is 12.9. The van der Waals surface area contributed by atoms with Crippen LogP contribution < -0.4 is 16.0 Å². The minimum atomic E-state index is -0.277. The van der Waals surface area contributed by atoms with Gasteiger partial charge in [0.05, 0.1) is 27.5 Å². The predicted molar refractivity (Wildman–Crippen MR) is 131 cm³/mol. The number of rotatable bonds is 6. The first kappa shape index (κ1) is 22.5. The molecule has 3 aromatic rings. The van der Waals surface area contributed by atoms with Gasteiger partial charge in [0.1, 0.15) is 17.9 Å². The number of nitrogen functional groups attached to an aromatic ring is 1. The second-order valence-electron chi connectivity index (χ2n) is 8.63. The molecule has 1 aliphatic heterocycles. The number of amidine groups is 1. The van der Waals surface area contributed by atoms with Gasteiger partial charge in [0.25, 0.3) is 5.91 Å². The molecule has 0 bridgehead atoms. The monoisotopic (exact) mass is 499 g/mol. The predicted octanol–water partition coefficient (Wildman–Crippen LogP) is 3.45. The summed E-state index contributed by atoms with van der Waals surface area (Å²) in [6.45, 7) is 1.06. The number of carbonyl (C=O) groups is 1. The SMILES string of the molecule is N=C(N)c1cc(Cl)cc(N2CC[C@@H](NC(=O)c3ccc(-n4cnc(C5CC5)n4)cc3Cl)C2)c1O. The molecule has 0 unspecified atom stereocenters. The summed E-state index contributed by atoms with van der Waals surface area (Å²) in [5, 5.41) is 26.4. The summed E-state index contributed by atoms with van der Waals surface area (Å²) in [4.78, 5) is 19.2. The normalized spacial score (nSPS) is 17.7.